The van der Waals surface area contributed by atoms with E-state index >= 15 is 0 Å². The van der Waals surface area contributed by atoms with E-state index in [1.54, 1.807) is 7.11 Å². The Labute approximate surface area is 77.0 Å². The van der Waals surface area contributed by atoms with Crippen molar-refractivity contribution in [2.45, 2.75) is 19.4 Å². The van der Waals surface area contributed by atoms with Crippen LogP contribution in [0.15, 0.2) is 18.7 Å². The van der Waals surface area contributed by atoms with Gasteiger partial charge in [0.05, 0.1) is 11.7 Å². The topological polar surface area (TPSA) is 52.1 Å². The highest BCUT2D eigenvalue weighted by atomic mass is 16.5. The number of carbonyl (C=O) groups excluding carboxylic acids is 1. The SMILES string of the molecule is COC(C)CC(=O)c1cncnc1. The Morgan fingerprint density at radius 3 is 2.69 bits per heavy atom. The highest BCUT2D eigenvalue weighted by molar-refractivity contribution is 5.95. The zero-order chi connectivity index (χ0) is 9.68. The fourth-order valence-corrected chi connectivity index (χ4v) is 0.905. The fourth-order valence-electron chi connectivity index (χ4n) is 0.905. The van der Waals surface area contributed by atoms with Crippen molar-refractivity contribution < 1.29 is 9.53 Å². The zero-order valence-corrected chi connectivity index (χ0v) is 7.73. The van der Waals surface area contributed by atoms with Crippen LogP contribution in [-0.4, -0.2) is 29.0 Å². The van der Waals surface area contributed by atoms with Crippen LogP contribution in [0.4, 0.5) is 0 Å². The molecule has 0 fully saturated rings. The summed E-state index contributed by atoms with van der Waals surface area (Å²) in [5, 5.41) is 0. The molecule has 0 aliphatic rings. The quantitative estimate of drug-likeness (QED) is 0.651. The summed E-state index contributed by atoms with van der Waals surface area (Å²) in [6.07, 6.45) is 4.73. The van der Waals surface area contributed by atoms with Gasteiger partial charge >= 0.3 is 0 Å². The summed E-state index contributed by atoms with van der Waals surface area (Å²) in [6.45, 7) is 1.85. The Bertz CT molecular complexity index is 274. The van der Waals surface area contributed by atoms with Crippen LogP contribution in [0.5, 0.6) is 0 Å². The number of ketones is 1. The molecule has 0 spiro atoms. The third-order valence-electron chi connectivity index (χ3n) is 1.76. The number of nitrogens with zero attached hydrogens (tertiary/aromatic N) is 2. The second-order valence-corrected chi connectivity index (χ2v) is 2.80. The van der Waals surface area contributed by atoms with Crippen molar-refractivity contribution in [3.8, 4) is 0 Å². The van der Waals surface area contributed by atoms with Gasteiger partial charge in [0.15, 0.2) is 5.78 Å². The van der Waals surface area contributed by atoms with Gasteiger partial charge in [0.1, 0.15) is 6.33 Å². The molecule has 1 atom stereocenters. The van der Waals surface area contributed by atoms with Gasteiger partial charge in [-0.3, -0.25) is 4.79 Å². The summed E-state index contributed by atoms with van der Waals surface area (Å²) in [5.41, 5.74) is 0.534. The molecule has 1 rings (SSSR count). The summed E-state index contributed by atoms with van der Waals surface area (Å²) in [6, 6.07) is 0. The van der Waals surface area contributed by atoms with Gasteiger partial charge in [-0.1, -0.05) is 0 Å². The van der Waals surface area contributed by atoms with E-state index in [1.807, 2.05) is 6.92 Å². The molecule has 0 N–H and O–H groups in total. The molecule has 13 heavy (non-hydrogen) atoms. The minimum atomic E-state index is -0.0623. The maximum absolute atomic E-state index is 11.5. The van der Waals surface area contributed by atoms with Crippen LogP contribution in [-0.2, 0) is 4.74 Å². The van der Waals surface area contributed by atoms with Crippen LogP contribution in [0, 0.1) is 0 Å². The van der Waals surface area contributed by atoms with E-state index in [1.165, 1.54) is 18.7 Å². The van der Waals surface area contributed by atoms with Crippen molar-refractivity contribution in [2.75, 3.05) is 7.11 Å². The monoisotopic (exact) mass is 180 g/mol. The van der Waals surface area contributed by atoms with Gasteiger partial charge in [-0.05, 0) is 6.92 Å². The molecule has 1 aromatic heterocycles. The predicted octanol–water partition coefficient (Wildman–Crippen LogP) is 1.08. The van der Waals surface area contributed by atoms with Crippen LogP contribution >= 0.6 is 0 Å². The molecule has 4 nitrogen and oxygen atoms in total. The molecule has 70 valence electrons. The van der Waals surface area contributed by atoms with Gasteiger partial charge < -0.3 is 4.74 Å². The molecular weight excluding hydrogens is 168 g/mol. The van der Waals surface area contributed by atoms with Gasteiger partial charge in [-0.2, -0.15) is 0 Å². The first-order valence-corrected chi connectivity index (χ1v) is 4.05. The lowest BCUT2D eigenvalue weighted by molar-refractivity contribution is 0.0791. The Morgan fingerprint density at radius 1 is 1.54 bits per heavy atom. The van der Waals surface area contributed by atoms with E-state index < -0.39 is 0 Å². The molecule has 0 aromatic carbocycles. The minimum absolute atomic E-state index is 0.00921. The van der Waals surface area contributed by atoms with Gasteiger partial charge in [0, 0.05) is 25.9 Å². The van der Waals surface area contributed by atoms with Crippen molar-refractivity contribution >= 4 is 5.78 Å². The molecule has 0 bridgehead atoms. The van der Waals surface area contributed by atoms with E-state index in [4.69, 9.17) is 4.74 Å². The lowest BCUT2D eigenvalue weighted by Crippen LogP contribution is -2.12. The molecular formula is C9H12N2O2. The third kappa shape index (κ3) is 2.91. The molecule has 0 amide bonds. The Morgan fingerprint density at radius 2 is 2.15 bits per heavy atom. The highest BCUT2D eigenvalue weighted by Gasteiger charge is 2.10. The molecule has 0 radical (unpaired) electrons. The van der Waals surface area contributed by atoms with Crippen molar-refractivity contribution in [2.24, 2.45) is 0 Å². The van der Waals surface area contributed by atoms with Crippen LogP contribution < -0.4 is 0 Å². The van der Waals surface area contributed by atoms with Crippen molar-refractivity contribution in [1.29, 1.82) is 0 Å². The number of rotatable bonds is 4. The molecule has 1 heterocycles. The molecule has 0 saturated carbocycles. The fraction of sp³-hybridized carbons (Fsp3) is 0.444. The Hall–Kier alpha value is -1.29. The Kier molecular flexibility index (Phi) is 3.52. The number of hydrogen-bond donors (Lipinski definition) is 0. The van der Waals surface area contributed by atoms with Crippen LogP contribution in [0.1, 0.15) is 23.7 Å². The number of aromatic nitrogens is 2. The molecule has 0 saturated heterocycles. The predicted molar refractivity (Wildman–Crippen MR) is 47.5 cm³/mol. The third-order valence-corrected chi connectivity index (χ3v) is 1.76. The summed E-state index contributed by atoms with van der Waals surface area (Å²) < 4.78 is 4.98. The summed E-state index contributed by atoms with van der Waals surface area (Å²) in [7, 11) is 1.58. The average molecular weight is 180 g/mol. The van der Waals surface area contributed by atoms with E-state index in [2.05, 4.69) is 9.97 Å². The van der Waals surface area contributed by atoms with Crippen LogP contribution in [0.25, 0.3) is 0 Å². The first-order valence-electron chi connectivity index (χ1n) is 4.05. The van der Waals surface area contributed by atoms with Gasteiger partial charge in [0.25, 0.3) is 0 Å². The molecule has 0 aliphatic heterocycles. The molecule has 1 unspecified atom stereocenters. The van der Waals surface area contributed by atoms with Crippen LogP contribution in [0.3, 0.4) is 0 Å². The lowest BCUT2D eigenvalue weighted by atomic mass is 10.1. The van der Waals surface area contributed by atoms with Crippen LogP contribution in [0.2, 0.25) is 0 Å². The normalized spacial score (nSPS) is 12.5. The van der Waals surface area contributed by atoms with E-state index in [0.29, 0.717) is 12.0 Å². The van der Waals surface area contributed by atoms with E-state index in [0.717, 1.165) is 0 Å². The number of carbonyl (C=O) groups is 1. The van der Waals surface area contributed by atoms with E-state index in [-0.39, 0.29) is 11.9 Å². The van der Waals surface area contributed by atoms with Crippen molar-refractivity contribution in [3.63, 3.8) is 0 Å². The lowest BCUT2D eigenvalue weighted by Gasteiger charge is -2.06. The molecule has 1 aromatic rings. The number of hydrogen-bond acceptors (Lipinski definition) is 4. The maximum atomic E-state index is 11.5. The van der Waals surface area contributed by atoms with Crippen molar-refractivity contribution in [3.05, 3.63) is 24.3 Å². The number of Topliss-reactive ketones (excluding diaryl/α,β-unsaturated/α-hetero) is 1. The first-order chi connectivity index (χ1) is 6.24. The first kappa shape index (κ1) is 9.80. The molecule has 0 aliphatic carbocycles. The zero-order valence-electron chi connectivity index (χ0n) is 7.73. The summed E-state index contributed by atoms with van der Waals surface area (Å²) in [5.74, 6) is 0.00921. The summed E-state index contributed by atoms with van der Waals surface area (Å²) in [4.78, 5) is 19.0. The number of ether oxygens (including phenoxy) is 1. The maximum Gasteiger partial charge on any atom is 0.168 e. The van der Waals surface area contributed by atoms with E-state index in [9.17, 15) is 4.79 Å². The van der Waals surface area contributed by atoms with Gasteiger partial charge in [0.2, 0.25) is 0 Å². The second-order valence-electron chi connectivity index (χ2n) is 2.80. The largest absolute Gasteiger partial charge is 0.381 e. The van der Waals surface area contributed by atoms with Gasteiger partial charge in [-0.25, -0.2) is 9.97 Å². The Balaban J connectivity index is 2.59. The highest BCUT2D eigenvalue weighted by Crippen LogP contribution is 2.04. The molecule has 4 heteroatoms. The number of methoxy groups -OCH3 is 1. The average Bonchev–Trinajstić information content (AvgIpc) is 2.19. The standard InChI is InChI=1S/C9H12N2O2/c1-7(13-2)3-9(12)8-4-10-6-11-5-8/h4-7H,3H2,1-2H3. The smallest absolute Gasteiger partial charge is 0.168 e. The minimum Gasteiger partial charge on any atom is -0.381 e. The van der Waals surface area contributed by atoms with Crippen molar-refractivity contribution in [1.82, 2.24) is 9.97 Å². The second kappa shape index (κ2) is 4.67. The summed E-state index contributed by atoms with van der Waals surface area (Å²) >= 11 is 0. The van der Waals surface area contributed by atoms with Gasteiger partial charge in [-0.15, -0.1) is 0 Å².